The Kier molecular flexibility index (Phi) is 4.12. The zero-order chi connectivity index (χ0) is 12.5. The highest BCUT2D eigenvalue weighted by Crippen LogP contribution is 2.25. The summed E-state index contributed by atoms with van der Waals surface area (Å²) in [6.45, 7) is 1.43. The van der Waals surface area contributed by atoms with Crippen molar-refractivity contribution in [2.45, 2.75) is 12.4 Å². The Bertz CT molecular complexity index is 434. The Balaban J connectivity index is 5.53. The van der Waals surface area contributed by atoms with Crippen LogP contribution < -0.4 is 5.14 Å². The molecule has 0 aliphatic heterocycles. The summed E-state index contributed by atoms with van der Waals surface area (Å²) >= 11 is 0. The number of nitrogens with zero attached hydrogens (tertiary/aromatic N) is 2. The van der Waals surface area contributed by atoms with Gasteiger partial charge in [0.25, 0.3) is 0 Å². The minimum atomic E-state index is -5.83. The maximum Gasteiger partial charge on any atom is 0.519 e. The molecule has 0 aromatic carbocycles. The smallest absolute Gasteiger partial charge is 0.231 e. The maximum absolute atomic E-state index is 11.8. The lowest BCUT2D eigenvalue weighted by molar-refractivity contribution is -0.0434. The summed E-state index contributed by atoms with van der Waals surface area (Å²) in [5.41, 5.74) is -5.59. The minimum absolute atomic E-state index is 0.00773. The number of sulfonamides is 1. The number of hydrogen-bond donors (Lipinski definition) is 1. The third-order valence-corrected chi connectivity index (χ3v) is 4.77. The molecule has 11 heteroatoms. The summed E-state index contributed by atoms with van der Waals surface area (Å²) in [5, 5.41) is 4.86. The maximum atomic E-state index is 11.8. The fourth-order valence-corrected chi connectivity index (χ4v) is 2.71. The Labute approximate surface area is 85.7 Å². The van der Waals surface area contributed by atoms with E-state index in [9.17, 15) is 25.8 Å². The lowest BCUT2D eigenvalue weighted by atomic mass is 10.8. The second-order valence-corrected chi connectivity index (χ2v) is 6.19. The molecule has 0 saturated carbocycles. The Hall–Kier alpha value is -0.390. The third-order valence-electron chi connectivity index (χ3n) is 1.39. The van der Waals surface area contributed by atoms with E-state index in [1.54, 1.807) is 0 Å². The lowest BCUT2D eigenvalue weighted by Gasteiger charge is -2.15. The largest absolute Gasteiger partial charge is 0.519 e. The summed E-state index contributed by atoms with van der Waals surface area (Å²) in [7, 11) is -8.78. The number of alkyl halides is 3. The van der Waals surface area contributed by atoms with Crippen LogP contribution in [0.5, 0.6) is 0 Å². The molecule has 0 amide bonds. The Morgan fingerprint density at radius 2 is 1.73 bits per heavy atom. The molecule has 1 unspecified atom stereocenters. The van der Waals surface area contributed by atoms with E-state index >= 15 is 0 Å². The Morgan fingerprint density at radius 3 is 2.00 bits per heavy atom. The van der Waals surface area contributed by atoms with E-state index in [2.05, 4.69) is 3.77 Å². The molecule has 0 rings (SSSR count). The van der Waals surface area contributed by atoms with Gasteiger partial charge in [-0.2, -0.15) is 21.6 Å². The van der Waals surface area contributed by atoms with Crippen molar-refractivity contribution in [1.29, 1.82) is 0 Å². The SMILES string of the molecule is CCN(C)S(N)(=O)=NS(=O)(=O)C(F)(F)F. The van der Waals surface area contributed by atoms with Gasteiger partial charge in [-0.25, -0.2) is 13.7 Å². The Morgan fingerprint density at radius 1 is 1.33 bits per heavy atom. The summed E-state index contributed by atoms with van der Waals surface area (Å²) in [6, 6.07) is 0. The summed E-state index contributed by atoms with van der Waals surface area (Å²) in [4.78, 5) is 0. The second-order valence-electron chi connectivity index (χ2n) is 2.48. The monoisotopic (exact) mass is 269 g/mol. The lowest BCUT2D eigenvalue weighted by Crippen LogP contribution is -2.35. The van der Waals surface area contributed by atoms with Crippen LogP contribution in [0.4, 0.5) is 13.2 Å². The highest BCUT2D eigenvalue weighted by atomic mass is 32.3. The summed E-state index contributed by atoms with van der Waals surface area (Å²) < 4.78 is 70.7. The zero-order valence-electron chi connectivity index (χ0n) is 7.85. The van der Waals surface area contributed by atoms with E-state index in [0.717, 1.165) is 7.05 Å². The molecule has 0 radical (unpaired) electrons. The average molecular weight is 269 g/mol. The topological polar surface area (TPSA) is 92.8 Å². The first-order chi connectivity index (χ1) is 6.44. The normalized spacial score (nSPS) is 17.5. The van der Waals surface area contributed by atoms with E-state index < -0.39 is 25.6 Å². The predicted octanol–water partition coefficient (Wildman–Crippen LogP) is 0.0444. The van der Waals surface area contributed by atoms with Crippen molar-refractivity contribution >= 4 is 20.1 Å². The van der Waals surface area contributed by atoms with Gasteiger partial charge in [0.2, 0.25) is 0 Å². The standard InChI is InChI=1S/C4H10F3N3O3S2/c1-3-10(2)15(8,13)9-14(11,12)4(5,6)7/h3H2,1-2H3,(H2,8,9,13). The van der Waals surface area contributed by atoms with Crippen LogP contribution >= 0.6 is 0 Å². The van der Waals surface area contributed by atoms with E-state index in [1.165, 1.54) is 6.92 Å². The van der Waals surface area contributed by atoms with Crippen LogP contribution in [-0.2, 0) is 20.1 Å². The number of nitrogens with two attached hydrogens (primary N) is 1. The van der Waals surface area contributed by atoms with Crippen LogP contribution in [0.2, 0.25) is 0 Å². The van der Waals surface area contributed by atoms with Gasteiger partial charge < -0.3 is 0 Å². The van der Waals surface area contributed by atoms with Crippen LogP contribution in [-0.4, -0.2) is 36.0 Å². The molecule has 0 heterocycles. The highest BCUT2D eigenvalue weighted by Gasteiger charge is 2.47. The molecular formula is C4H10F3N3O3S2. The van der Waals surface area contributed by atoms with Gasteiger partial charge in [0, 0.05) is 13.6 Å². The van der Waals surface area contributed by atoms with Crippen LogP contribution in [0.15, 0.2) is 3.77 Å². The van der Waals surface area contributed by atoms with Crippen molar-refractivity contribution in [2.24, 2.45) is 8.91 Å². The average Bonchev–Trinajstić information content (AvgIpc) is 1.98. The molecule has 2 N–H and O–H groups in total. The first-order valence-corrected chi connectivity index (χ1v) is 6.50. The quantitative estimate of drug-likeness (QED) is 0.784. The number of halogens is 3. The molecule has 15 heavy (non-hydrogen) atoms. The predicted molar refractivity (Wildman–Crippen MR) is 48.0 cm³/mol. The van der Waals surface area contributed by atoms with E-state index in [0.29, 0.717) is 4.31 Å². The highest BCUT2D eigenvalue weighted by molar-refractivity contribution is 8.01. The van der Waals surface area contributed by atoms with Gasteiger partial charge in [-0.1, -0.05) is 10.7 Å². The molecule has 0 aliphatic carbocycles. The molecule has 0 bridgehead atoms. The zero-order valence-corrected chi connectivity index (χ0v) is 9.49. The fourth-order valence-electron chi connectivity index (χ4n) is 0.425. The van der Waals surface area contributed by atoms with Crippen molar-refractivity contribution in [1.82, 2.24) is 4.31 Å². The molecule has 6 nitrogen and oxygen atoms in total. The van der Waals surface area contributed by atoms with Gasteiger partial charge in [-0.3, -0.25) is 0 Å². The van der Waals surface area contributed by atoms with Crippen LogP contribution in [0.3, 0.4) is 0 Å². The van der Waals surface area contributed by atoms with Crippen molar-refractivity contribution < 1.29 is 25.8 Å². The number of hydrogen-bond acceptors (Lipinski definition) is 3. The molecule has 0 aromatic heterocycles. The minimum Gasteiger partial charge on any atom is -0.231 e. The molecular weight excluding hydrogens is 259 g/mol. The van der Waals surface area contributed by atoms with Crippen LogP contribution in [0.25, 0.3) is 0 Å². The summed E-state index contributed by atoms with van der Waals surface area (Å²) in [6.07, 6.45) is 0. The molecule has 0 spiro atoms. The van der Waals surface area contributed by atoms with E-state index in [4.69, 9.17) is 5.14 Å². The van der Waals surface area contributed by atoms with E-state index in [-0.39, 0.29) is 6.54 Å². The molecule has 0 saturated heterocycles. The van der Waals surface area contributed by atoms with Crippen LogP contribution in [0.1, 0.15) is 6.92 Å². The van der Waals surface area contributed by atoms with E-state index in [1.807, 2.05) is 0 Å². The molecule has 0 fully saturated rings. The van der Waals surface area contributed by atoms with Gasteiger partial charge >= 0.3 is 15.5 Å². The van der Waals surface area contributed by atoms with Gasteiger partial charge in [0.1, 0.15) is 0 Å². The second kappa shape index (κ2) is 4.23. The first-order valence-electron chi connectivity index (χ1n) is 3.53. The van der Waals surface area contributed by atoms with Gasteiger partial charge in [-0.05, 0) is 0 Å². The van der Waals surface area contributed by atoms with Crippen molar-refractivity contribution in [3.8, 4) is 0 Å². The fraction of sp³-hybridized carbons (Fsp3) is 1.00. The van der Waals surface area contributed by atoms with Crippen molar-refractivity contribution in [2.75, 3.05) is 13.6 Å². The summed E-state index contributed by atoms with van der Waals surface area (Å²) in [5.74, 6) is 0. The van der Waals surface area contributed by atoms with Crippen molar-refractivity contribution in [3.63, 3.8) is 0 Å². The number of rotatable bonds is 3. The molecule has 0 aliphatic rings. The third kappa shape index (κ3) is 3.59. The van der Waals surface area contributed by atoms with Gasteiger partial charge in [0.15, 0.2) is 10.1 Å². The van der Waals surface area contributed by atoms with Crippen LogP contribution in [0, 0.1) is 0 Å². The molecule has 0 aromatic rings. The molecule has 92 valence electrons. The van der Waals surface area contributed by atoms with Crippen molar-refractivity contribution in [3.05, 3.63) is 0 Å². The van der Waals surface area contributed by atoms with Gasteiger partial charge in [0.05, 0.1) is 0 Å². The van der Waals surface area contributed by atoms with Gasteiger partial charge in [-0.15, -0.1) is 0 Å². The first kappa shape index (κ1) is 14.6. The molecule has 1 atom stereocenters.